The fraction of sp³-hybridized carbons (Fsp3) is 0.533. The third-order valence-corrected chi connectivity index (χ3v) is 3.72. The van der Waals surface area contributed by atoms with E-state index in [0.717, 1.165) is 11.1 Å². The highest BCUT2D eigenvalue weighted by molar-refractivity contribution is 5.85. The fourth-order valence-corrected chi connectivity index (χ4v) is 2.31. The van der Waals surface area contributed by atoms with Crippen LogP contribution in [0.25, 0.3) is 0 Å². The molecule has 0 aliphatic carbocycles. The van der Waals surface area contributed by atoms with Crippen LogP contribution in [0, 0.1) is 12.8 Å². The standard InChI is InChI=1S/C15H21FN2O2.ClH/c1-11-2-4-12(5-3-11)10-20-15(19)18-7-6-13(8-17)14(16)9-18;/h2-5,13-14H,6-10,17H2,1H3;1H/t13-,14-;/m0./s1. The van der Waals surface area contributed by atoms with Crippen molar-refractivity contribution in [3.63, 3.8) is 0 Å². The van der Waals surface area contributed by atoms with Crippen LogP contribution in [0.3, 0.4) is 0 Å². The average Bonchev–Trinajstić information content (AvgIpc) is 2.46. The normalized spacial score (nSPS) is 21.6. The van der Waals surface area contributed by atoms with Gasteiger partial charge in [-0.05, 0) is 25.5 Å². The summed E-state index contributed by atoms with van der Waals surface area (Å²) in [6, 6.07) is 7.77. The molecule has 1 aromatic carbocycles. The molecule has 1 aliphatic rings. The highest BCUT2D eigenvalue weighted by atomic mass is 35.5. The number of rotatable bonds is 3. The Morgan fingerprint density at radius 3 is 2.67 bits per heavy atom. The molecule has 1 fully saturated rings. The first kappa shape index (κ1) is 17.7. The fourth-order valence-electron chi connectivity index (χ4n) is 2.31. The van der Waals surface area contributed by atoms with Crippen LogP contribution in [-0.4, -0.2) is 36.8 Å². The first-order chi connectivity index (χ1) is 9.60. The van der Waals surface area contributed by atoms with Gasteiger partial charge in [0.25, 0.3) is 0 Å². The minimum atomic E-state index is -1.05. The van der Waals surface area contributed by atoms with E-state index in [1.807, 2.05) is 31.2 Å². The van der Waals surface area contributed by atoms with Crippen molar-refractivity contribution in [1.29, 1.82) is 0 Å². The first-order valence-corrected chi connectivity index (χ1v) is 6.91. The van der Waals surface area contributed by atoms with Crippen molar-refractivity contribution >= 4 is 18.5 Å². The number of aryl methyl sites for hydroxylation is 1. The Hall–Kier alpha value is -1.33. The van der Waals surface area contributed by atoms with Crippen molar-refractivity contribution in [3.05, 3.63) is 35.4 Å². The number of hydrogen-bond acceptors (Lipinski definition) is 3. The Bertz CT molecular complexity index is 455. The number of benzene rings is 1. The zero-order valence-corrected chi connectivity index (χ0v) is 12.9. The lowest BCUT2D eigenvalue weighted by Crippen LogP contribution is -2.46. The largest absolute Gasteiger partial charge is 0.445 e. The Labute approximate surface area is 130 Å². The molecule has 2 rings (SSSR count). The summed E-state index contributed by atoms with van der Waals surface area (Å²) in [6.07, 6.45) is -0.915. The summed E-state index contributed by atoms with van der Waals surface area (Å²) in [6.45, 7) is 3.13. The van der Waals surface area contributed by atoms with Crippen LogP contribution in [0.1, 0.15) is 17.5 Å². The lowest BCUT2D eigenvalue weighted by Gasteiger charge is -2.33. The van der Waals surface area contributed by atoms with Crippen LogP contribution in [0.5, 0.6) is 0 Å². The summed E-state index contributed by atoms with van der Waals surface area (Å²) in [7, 11) is 0. The molecular weight excluding hydrogens is 295 g/mol. The number of nitrogens with zero attached hydrogens (tertiary/aromatic N) is 1. The smallest absolute Gasteiger partial charge is 0.410 e. The molecular formula is C15H22ClFN2O2. The average molecular weight is 317 g/mol. The van der Waals surface area contributed by atoms with E-state index < -0.39 is 12.3 Å². The lowest BCUT2D eigenvalue weighted by molar-refractivity contribution is 0.0536. The maximum Gasteiger partial charge on any atom is 0.410 e. The molecule has 1 amide bonds. The van der Waals surface area contributed by atoms with Crippen molar-refractivity contribution < 1.29 is 13.9 Å². The van der Waals surface area contributed by atoms with Crippen molar-refractivity contribution in [2.75, 3.05) is 19.6 Å². The van der Waals surface area contributed by atoms with Gasteiger partial charge in [0.15, 0.2) is 0 Å². The van der Waals surface area contributed by atoms with E-state index in [2.05, 4.69) is 0 Å². The van der Waals surface area contributed by atoms with Gasteiger partial charge >= 0.3 is 6.09 Å². The monoisotopic (exact) mass is 316 g/mol. The molecule has 0 unspecified atom stereocenters. The molecule has 1 aliphatic heterocycles. The molecule has 0 spiro atoms. The number of ether oxygens (including phenoxy) is 1. The quantitative estimate of drug-likeness (QED) is 0.932. The zero-order valence-electron chi connectivity index (χ0n) is 12.1. The van der Waals surface area contributed by atoms with E-state index in [0.29, 0.717) is 19.5 Å². The van der Waals surface area contributed by atoms with Crippen LogP contribution in [-0.2, 0) is 11.3 Å². The third kappa shape index (κ3) is 4.86. The predicted octanol–water partition coefficient (Wildman–Crippen LogP) is 2.67. The van der Waals surface area contributed by atoms with Gasteiger partial charge < -0.3 is 15.4 Å². The Balaban J connectivity index is 0.00000220. The number of piperidine rings is 1. The van der Waals surface area contributed by atoms with Crippen LogP contribution >= 0.6 is 12.4 Å². The van der Waals surface area contributed by atoms with E-state index in [4.69, 9.17) is 10.5 Å². The van der Waals surface area contributed by atoms with E-state index in [1.165, 1.54) is 4.90 Å². The molecule has 0 radical (unpaired) electrons. The highest BCUT2D eigenvalue weighted by Crippen LogP contribution is 2.20. The zero-order chi connectivity index (χ0) is 14.5. The second-order valence-corrected chi connectivity index (χ2v) is 5.29. The van der Waals surface area contributed by atoms with Crippen molar-refractivity contribution in [2.45, 2.75) is 26.1 Å². The molecule has 1 aromatic rings. The summed E-state index contributed by atoms with van der Waals surface area (Å²) in [5.74, 6) is -0.142. The number of alkyl halides is 1. The summed E-state index contributed by atoms with van der Waals surface area (Å²) < 4.78 is 19.0. The number of hydrogen-bond donors (Lipinski definition) is 1. The number of likely N-dealkylation sites (tertiary alicyclic amines) is 1. The molecule has 2 atom stereocenters. The molecule has 4 nitrogen and oxygen atoms in total. The van der Waals surface area contributed by atoms with Crippen molar-refractivity contribution in [3.8, 4) is 0 Å². The van der Waals surface area contributed by atoms with Crippen LogP contribution < -0.4 is 5.73 Å². The number of carbonyl (C=O) groups excluding carboxylic acids is 1. The van der Waals surface area contributed by atoms with Gasteiger partial charge in [-0.2, -0.15) is 0 Å². The van der Waals surface area contributed by atoms with Gasteiger partial charge in [-0.25, -0.2) is 9.18 Å². The van der Waals surface area contributed by atoms with Crippen LogP contribution in [0.15, 0.2) is 24.3 Å². The maximum atomic E-state index is 13.7. The molecule has 2 N–H and O–H groups in total. The van der Waals surface area contributed by atoms with Crippen molar-refractivity contribution in [1.82, 2.24) is 4.90 Å². The van der Waals surface area contributed by atoms with Gasteiger partial charge in [0.2, 0.25) is 0 Å². The van der Waals surface area contributed by atoms with E-state index in [9.17, 15) is 9.18 Å². The highest BCUT2D eigenvalue weighted by Gasteiger charge is 2.31. The van der Waals surface area contributed by atoms with E-state index >= 15 is 0 Å². The number of amides is 1. The second-order valence-electron chi connectivity index (χ2n) is 5.29. The van der Waals surface area contributed by atoms with Gasteiger partial charge in [0.05, 0.1) is 6.54 Å². The summed E-state index contributed by atoms with van der Waals surface area (Å²) in [5, 5.41) is 0. The first-order valence-electron chi connectivity index (χ1n) is 6.91. The molecule has 1 saturated heterocycles. The second kappa shape index (κ2) is 8.20. The SMILES string of the molecule is Cc1ccc(COC(=O)N2CC[C@@H](CN)[C@@H](F)C2)cc1.Cl. The van der Waals surface area contributed by atoms with Crippen molar-refractivity contribution in [2.24, 2.45) is 11.7 Å². The Morgan fingerprint density at radius 1 is 1.43 bits per heavy atom. The summed E-state index contributed by atoms with van der Waals surface area (Å²) in [5.41, 5.74) is 7.57. The number of carbonyl (C=O) groups is 1. The number of nitrogens with two attached hydrogens (primary N) is 1. The molecule has 6 heteroatoms. The van der Waals surface area contributed by atoms with Gasteiger partial charge in [0, 0.05) is 12.5 Å². The summed E-state index contributed by atoms with van der Waals surface area (Å²) >= 11 is 0. The Kier molecular flexibility index (Phi) is 6.92. The van der Waals surface area contributed by atoms with E-state index in [1.54, 1.807) is 0 Å². The summed E-state index contributed by atoms with van der Waals surface area (Å²) in [4.78, 5) is 13.3. The molecule has 0 aromatic heterocycles. The predicted molar refractivity (Wildman–Crippen MR) is 82.2 cm³/mol. The maximum absolute atomic E-state index is 13.7. The molecule has 0 bridgehead atoms. The van der Waals surface area contributed by atoms with Gasteiger partial charge in [-0.3, -0.25) is 0 Å². The number of halogens is 2. The molecule has 21 heavy (non-hydrogen) atoms. The van der Waals surface area contributed by atoms with Crippen LogP contribution in [0.4, 0.5) is 9.18 Å². The third-order valence-electron chi connectivity index (χ3n) is 3.72. The minimum Gasteiger partial charge on any atom is -0.445 e. The van der Waals surface area contributed by atoms with Gasteiger partial charge in [-0.1, -0.05) is 29.8 Å². The molecule has 118 valence electrons. The minimum absolute atomic E-state index is 0. The van der Waals surface area contributed by atoms with E-state index in [-0.39, 0.29) is 31.5 Å². The molecule has 1 heterocycles. The lowest BCUT2D eigenvalue weighted by atomic mass is 9.95. The molecule has 0 saturated carbocycles. The van der Waals surface area contributed by atoms with Gasteiger partial charge in [-0.15, -0.1) is 12.4 Å². The topological polar surface area (TPSA) is 55.6 Å². The Morgan fingerprint density at radius 2 is 2.10 bits per heavy atom. The van der Waals surface area contributed by atoms with Gasteiger partial charge in [0.1, 0.15) is 12.8 Å². The van der Waals surface area contributed by atoms with Crippen LogP contribution in [0.2, 0.25) is 0 Å².